The van der Waals surface area contributed by atoms with Crippen molar-refractivity contribution in [3.8, 4) is 0 Å². The molecule has 2 aromatic rings. The molecule has 0 saturated heterocycles. The van der Waals surface area contributed by atoms with Crippen LogP contribution in [0.4, 0.5) is 17.5 Å². The van der Waals surface area contributed by atoms with Crippen molar-refractivity contribution in [3.63, 3.8) is 0 Å². The number of hydrogen-bond donors (Lipinski definition) is 2. The number of aromatic nitrogens is 3. The van der Waals surface area contributed by atoms with E-state index >= 15 is 0 Å². The second-order valence-corrected chi connectivity index (χ2v) is 6.85. The Labute approximate surface area is 138 Å². The minimum Gasteiger partial charge on any atom is -0.367 e. The highest BCUT2D eigenvalue weighted by atomic mass is 15.3. The van der Waals surface area contributed by atoms with Gasteiger partial charge in [0, 0.05) is 18.8 Å². The first-order valence-corrected chi connectivity index (χ1v) is 7.80. The second-order valence-electron chi connectivity index (χ2n) is 6.85. The highest BCUT2D eigenvalue weighted by molar-refractivity contribution is 5.55. The van der Waals surface area contributed by atoms with Gasteiger partial charge in [-0.15, -0.1) is 5.10 Å². The summed E-state index contributed by atoms with van der Waals surface area (Å²) in [5.74, 6) is 1.21. The predicted molar refractivity (Wildman–Crippen MR) is 95.3 cm³/mol. The summed E-state index contributed by atoms with van der Waals surface area (Å²) >= 11 is 0. The molecule has 0 unspecified atom stereocenters. The van der Waals surface area contributed by atoms with Gasteiger partial charge < -0.3 is 15.5 Å². The summed E-state index contributed by atoms with van der Waals surface area (Å²) in [6.45, 7) is 8.34. The highest BCUT2D eigenvalue weighted by Crippen LogP contribution is 2.24. The first-order chi connectivity index (χ1) is 10.8. The van der Waals surface area contributed by atoms with Crippen molar-refractivity contribution in [1.29, 1.82) is 0 Å². The number of hydrogen-bond acceptors (Lipinski definition) is 6. The van der Waals surface area contributed by atoms with Gasteiger partial charge in [-0.2, -0.15) is 10.1 Å². The van der Waals surface area contributed by atoms with Crippen LogP contribution >= 0.6 is 0 Å². The van der Waals surface area contributed by atoms with E-state index in [2.05, 4.69) is 63.6 Å². The summed E-state index contributed by atoms with van der Waals surface area (Å²) < 4.78 is 0. The number of nitrogens with one attached hydrogen (secondary N) is 2. The molecule has 6 nitrogen and oxygen atoms in total. The van der Waals surface area contributed by atoms with Crippen molar-refractivity contribution in [3.05, 3.63) is 36.0 Å². The van der Waals surface area contributed by atoms with E-state index in [0.29, 0.717) is 5.95 Å². The Morgan fingerprint density at radius 2 is 1.78 bits per heavy atom. The molecular weight excluding hydrogens is 288 g/mol. The molecule has 2 rings (SSSR count). The Morgan fingerprint density at radius 1 is 1.09 bits per heavy atom. The van der Waals surface area contributed by atoms with Crippen molar-refractivity contribution < 1.29 is 0 Å². The molecule has 0 fully saturated rings. The molecule has 1 aromatic heterocycles. The smallest absolute Gasteiger partial charge is 0.249 e. The summed E-state index contributed by atoms with van der Waals surface area (Å²) in [4.78, 5) is 6.53. The van der Waals surface area contributed by atoms with Crippen molar-refractivity contribution in [1.82, 2.24) is 20.1 Å². The molecule has 0 spiro atoms. The lowest BCUT2D eigenvalue weighted by Gasteiger charge is -2.19. The van der Waals surface area contributed by atoms with E-state index in [1.54, 1.807) is 6.20 Å². The Balaban J connectivity index is 2.00. The summed E-state index contributed by atoms with van der Waals surface area (Å²) in [5.41, 5.74) is 2.39. The third kappa shape index (κ3) is 5.49. The van der Waals surface area contributed by atoms with Crippen molar-refractivity contribution >= 4 is 17.5 Å². The molecule has 0 atom stereocenters. The van der Waals surface area contributed by atoms with Gasteiger partial charge in [0.25, 0.3) is 0 Å². The van der Waals surface area contributed by atoms with Crippen molar-refractivity contribution in [2.24, 2.45) is 0 Å². The van der Waals surface area contributed by atoms with E-state index in [9.17, 15) is 0 Å². The maximum atomic E-state index is 4.42. The lowest BCUT2D eigenvalue weighted by molar-refractivity contribution is 0.425. The first-order valence-electron chi connectivity index (χ1n) is 7.80. The van der Waals surface area contributed by atoms with Crippen LogP contribution in [0, 0.1) is 0 Å². The van der Waals surface area contributed by atoms with Gasteiger partial charge in [0.1, 0.15) is 0 Å². The van der Waals surface area contributed by atoms with E-state index < -0.39 is 0 Å². The lowest BCUT2D eigenvalue weighted by atomic mass is 9.87. The minimum absolute atomic E-state index is 0.146. The first kappa shape index (κ1) is 17.1. The molecule has 23 heavy (non-hydrogen) atoms. The van der Waals surface area contributed by atoms with Crippen LogP contribution < -0.4 is 10.6 Å². The van der Waals surface area contributed by atoms with Crippen LogP contribution in [0.25, 0.3) is 0 Å². The molecule has 0 saturated carbocycles. The van der Waals surface area contributed by atoms with Crippen LogP contribution in [0.2, 0.25) is 0 Å². The monoisotopic (exact) mass is 314 g/mol. The maximum absolute atomic E-state index is 4.42. The third-order valence-electron chi connectivity index (χ3n) is 3.43. The summed E-state index contributed by atoms with van der Waals surface area (Å²) in [5, 5.41) is 14.4. The molecule has 124 valence electrons. The van der Waals surface area contributed by atoms with Crippen LogP contribution in [0.5, 0.6) is 0 Å². The average molecular weight is 314 g/mol. The van der Waals surface area contributed by atoms with E-state index in [4.69, 9.17) is 0 Å². The van der Waals surface area contributed by atoms with Crippen LogP contribution in [0.15, 0.2) is 30.5 Å². The molecule has 0 aliphatic carbocycles. The zero-order chi connectivity index (χ0) is 16.9. The van der Waals surface area contributed by atoms with E-state index in [1.807, 2.05) is 26.2 Å². The Kier molecular flexibility index (Phi) is 5.50. The van der Waals surface area contributed by atoms with Crippen LogP contribution in [0.3, 0.4) is 0 Å². The third-order valence-corrected chi connectivity index (χ3v) is 3.43. The molecule has 1 aromatic carbocycles. The Morgan fingerprint density at radius 3 is 2.39 bits per heavy atom. The van der Waals surface area contributed by atoms with Crippen molar-refractivity contribution in [2.45, 2.75) is 26.2 Å². The molecular formula is C17H26N6. The molecule has 0 aliphatic rings. The number of benzene rings is 1. The van der Waals surface area contributed by atoms with E-state index in [-0.39, 0.29) is 5.41 Å². The fourth-order valence-electron chi connectivity index (χ4n) is 2.03. The summed E-state index contributed by atoms with van der Waals surface area (Å²) in [7, 11) is 4.07. The number of anilines is 3. The Bertz CT molecular complexity index is 616. The molecule has 0 aliphatic heterocycles. The van der Waals surface area contributed by atoms with Gasteiger partial charge in [-0.1, -0.05) is 32.9 Å². The van der Waals surface area contributed by atoms with Gasteiger partial charge in [-0.3, -0.25) is 0 Å². The van der Waals surface area contributed by atoms with Gasteiger partial charge in [-0.05, 0) is 37.2 Å². The normalized spacial score (nSPS) is 11.6. The van der Waals surface area contributed by atoms with Crippen LogP contribution in [-0.2, 0) is 5.41 Å². The van der Waals surface area contributed by atoms with Gasteiger partial charge in [0.05, 0.1) is 6.20 Å². The second kappa shape index (κ2) is 7.37. The number of nitrogens with zero attached hydrogens (tertiary/aromatic N) is 4. The van der Waals surface area contributed by atoms with E-state index in [0.717, 1.165) is 24.6 Å². The van der Waals surface area contributed by atoms with Crippen molar-refractivity contribution in [2.75, 3.05) is 37.8 Å². The largest absolute Gasteiger partial charge is 0.367 e. The Hall–Kier alpha value is -2.21. The maximum Gasteiger partial charge on any atom is 0.249 e. The molecule has 1 heterocycles. The minimum atomic E-state index is 0.146. The van der Waals surface area contributed by atoms with Gasteiger partial charge in [0.15, 0.2) is 5.82 Å². The SMILES string of the molecule is CN(C)CCNc1cnnc(Nc2ccc(C(C)(C)C)cc2)n1. The standard InChI is InChI=1S/C17H26N6/c1-17(2,3)13-6-8-14(9-7-13)20-16-21-15(12-19-22-16)18-10-11-23(4)5/h6-9,12H,10-11H2,1-5H3,(H2,18,20,21,22). The zero-order valence-electron chi connectivity index (χ0n) is 14.6. The molecule has 0 bridgehead atoms. The molecule has 2 N–H and O–H groups in total. The van der Waals surface area contributed by atoms with Gasteiger partial charge in [-0.25, -0.2) is 0 Å². The fraction of sp³-hybridized carbons (Fsp3) is 0.471. The predicted octanol–water partition coefficient (Wildman–Crippen LogP) is 2.89. The zero-order valence-corrected chi connectivity index (χ0v) is 14.6. The summed E-state index contributed by atoms with van der Waals surface area (Å²) in [6.07, 6.45) is 1.63. The van der Waals surface area contributed by atoms with Crippen LogP contribution in [0.1, 0.15) is 26.3 Å². The fourth-order valence-corrected chi connectivity index (χ4v) is 2.03. The van der Waals surface area contributed by atoms with Gasteiger partial charge >= 0.3 is 0 Å². The lowest BCUT2D eigenvalue weighted by Crippen LogP contribution is -2.21. The molecule has 6 heteroatoms. The topological polar surface area (TPSA) is 66.0 Å². The average Bonchev–Trinajstić information content (AvgIpc) is 2.47. The highest BCUT2D eigenvalue weighted by Gasteiger charge is 2.13. The molecule has 0 amide bonds. The van der Waals surface area contributed by atoms with Crippen LogP contribution in [-0.4, -0.2) is 47.3 Å². The quantitative estimate of drug-likeness (QED) is 0.854. The summed E-state index contributed by atoms with van der Waals surface area (Å²) in [6, 6.07) is 8.32. The van der Waals surface area contributed by atoms with E-state index in [1.165, 1.54) is 5.56 Å². The van der Waals surface area contributed by atoms with Gasteiger partial charge in [0.2, 0.25) is 5.95 Å². The number of likely N-dealkylation sites (N-methyl/N-ethyl adjacent to an activating group) is 1. The number of rotatable bonds is 6. The molecule has 0 radical (unpaired) electrons.